The van der Waals surface area contributed by atoms with E-state index in [2.05, 4.69) is 24.1 Å². The summed E-state index contributed by atoms with van der Waals surface area (Å²) in [6.07, 6.45) is 3.92. The van der Waals surface area contributed by atoms with E-state index in [1.165, 1.54) is 38.9 Å². The van der Waals surface area contributed by atoms with Crippen LogP contribution < -0.4 is 5.32 Å². The third-order valence-corrected chi connectivity index (χ3v) is 3.37. The zero-order valence-electron chi connectivity index (χ0n) is 10.2. The third-order valence-electron chi connectivity index (χ3n) is 3.37. The molecule has 0 aliphatic carbocycles. The second kappa shape index (κ2) is 7.20. The Bertz CT molecular complexity index is 162. The van der Waals surface area contributed by atoms with Gasteiger partial charge in [-0.2, -0.15) is 0 Å². The lowest BCUT2D eigenvalue weighted by atomic mass is 9.91. The van der Waals surface area contributed by atoms with E-state index in [1.54, 1.807) is 0 Å². The fourth-order valence-electron chi connectivity index (χ4n) is 2.48. The summed E-state index contributed by atoms with van der Waals surface area (Å²) in [4.78, 5) is 2.57. The molecule has 2 atom stereocenters. The monoisotopic (exact) mass is 214 g/mol. The van der Waals surface area contributed by atoms with E-state index < -0.39 is 0 Å². The zero-order valence-corrected chi connectivity index (χ0v) is 10.2. The van der Waals surface area contributed by atoms with Gasteiger partial charge in [-0.15, -0.1) is 0 Å². The predicted octanol–water partition coefficient (Wildman–Crippen LogP) is 1.08. The number of aliphatic hydroxyl groups is 1. The molecule has 0 amide bonds. The van der Waals surface area contributed by atoms with Crippen LogP contribution in [0.2, 0.25) is 0 Å². The molecular formula is C12H26N2O. The lowest BCUT2D eigenvalue weighted by Gasteiger charge is -2.36. The first-order valence-electron chi connectivity index (χ1n) is 6.34. The van der Waals surface area contributed by atoms with Crippen molar-refractivity contribution in [1.82, 2.24) is 10.2 Å². The highest BCUT2D eigenvalue weighted by Gasteiger charge is 2.23. The molecule has 0 spiro atoms. The Labute approximate surface area is 93.9 Å². The lowest BCUT2D eigenvalue weighted by molar-refractivity contribution is 0.148. The smallest absolute Gasteiger partial charge is 0.0556 e. The highest BCUT2D eigenvalue weighted by atomic mass is 16.3. The Morgan fingerprint density at radius 1 is 1.53 bits per heavy atom. The van der Waals surface area contributed by atoms with Gasteiger partial charge in [0.25, 0.3) is 0 Å². The van der Waals surface area contributed by atoms with Crippen molar-refractivity contribution in [3.8, 4) is 0 Å². The molecule has 0 aromatic rings. The molecule has 15 heavy (non-hydrogen) atoms. The molecule has 90 valence electrons. The van der Waals surface area contributed by atoms with Crippen LogP contribution in [0.4, 0.5) is 0 Å². The molecule has 0 radical (unpaired) electrons. The average Bonchev–Trinajstić information content (AvgIpc) is 2.27. The fraction of sp³-hybridized carbons (Fsp3) is 1.00. The third kappa shape index (κ3) is 4.49. The standard InChI is InChI=1S/C12H26N2O/c1-3-7-14-8-4-5-12(10-14)11(2)13-6-9-15/h11-13,15H,3-10H2,1-2H3. The highest BCUT2D eigenvalue weighted by molar-refractivity contribution is 4.80. The molecule has 3 nitrogen and oxygen atoms in total. The van der Waals surface area contributed by atoms with Gasteiger partial charge in [-0.3, -0.25) is 0 Å². The van der Waals surface area contributed by atoms with Gasteiger partial charge in [0.15, 0.2) is 0 Å². The minimum Gasteiger partial charge on any atom is -0.395 e. The Morgan fingerprint density at radius 3 is 3.00 bits per heavy atom. The van der Waals surface area contributed by atoms with Crippen molar-refractivity contribution in [2.45, 2.75) is 39.2 Å². The maximum Gasteiger partial charge on any atom is 0.0556 e. The number of nitrogens with zero attached hydrogens (tertiary/aromatic N) is 1. The minimum atomic E-state index is 0.246. The molecule has 0 aromatic carbocycles. The van der Waals surface area contributed by atoms with Gasteiger partial charge in [-0.1, -0.05) is 6.92 Å². The van der Waals surface area contributed by atoms with Gasteiger partial charge in [0.1, 0.15) is 0 Å². The van der Waals surface area contributed by atoms with E-state index in [4.69, 9.17) is 5.11 Å². The molecule has 0 aromatic heterocycles. The van der Waals surface area contributed by atoms with E-state index in [0.29, 0.717) is 6.04 Å². The van der Waals surface area contributed by atoms with Crippen LogP contribution >= 0.6 is 0 Å². The largest absolute Gasteiger partial charge is 0.395 e. The normalized spacial score (nSPS) is 25.4. The second-order valence-corrected chi connectivity index (χ2v) is 4.67. The summed E-state index contributed by atoms with van der Waals surface area (Å²) in [7, 11) is 0. The zero-order chi connectivity index (χ0) is 11.1. The number of hydrogen-bond donors (Lipinski definition) is 2. The number of aliphatic hydroxyl groups excluding tert-OH is 1. The van der Waals surface area contributed by atoms with Crippen molar-refractivity contribution >= 4 is 0 Å². The van der Waals surface area contributed by atoms with Crippen LogP contribution in [0.3, 0.4) is 0 Å². The predicted molar refractivity (Wildman–Crippen MR) is 64.0 cm³/mol. The van der Waals surface area contributed by atoms with Gasteiger partial charge in [0.2, 0.25) is 0 Å². The first-order valence-corrected chi connectivity index (χ1v) is 6.34. The van der Waals surface area contributed by atoms with Crippen LogP contribution in [0.25, 0.3) is 0 Å². The van der Waals surface area contributed by atoms with Crippen molar-refractivity contribution in [1.29, 1.82) is 0 Å². The van der Waals surface area contributed by atoms with Gasteiger partial charge in [0.05, 0.1) is 6.61 Å². The van der Waals surface area contributed by atoms with Gasteiger partial charge in [-0.05, 0) is 45.2 Å². The van der Waals surface area contributed by atoms with E-state index in [1.807, 2.05) is 0 Å². The molecule has 1 fully saturated rings. The average molecular weight is 214 g/mol. The number of hydrogen-bond acceptors (Lipinski definition) is 3. The Morgan fingerprint density at radius 2 is 2.33 bits per heavy atom. The Hall–Kier alpha value is -0.120. The minimum absolute atomic E-state index is 0.246. The maximum absolute atomic E-state index is 8.78. The molecule has 1 aliphatic heterocycles. The molecule has 1 rings (SSSR count). The van der Waals surface area contributed by atoms with Crippen molar-refractivity contribution in [2.24, 2.45) is 5.92 Å². The lowest BCUT2D eigenvalue weighted by Crippen LogP contribution is -2.45. The molecule has 2 N–H and O–H groups in total. The van der Waals surface area contributed by atoms with E-state index in [0.717, 1.165) is 12.5 Å². The van der Waals surface area contributed by atoms with E-state index in [9.17, 15) is 0 Å². The van der Waals surface area contributed by atoms with E-state index in [-0.39, 0.29) is 6.61 Å². The van der Waals surface area contributed by atoms with E-state index >= 15 is 0 Å². The van der Waals surface area contributed by atoms with Gasteiger partial charge < -0.3 is 15.3 Å². The summed E-state index contributed by atoms with van der Waals surface area (Å²) in [6.45, 7) is 9.21. The van der Waals surface area contributed by atoms with Crippen LogP contribution in [0.5, 0.6) is 0 Å². The first-order chi connectivity index (χ1) is 7.27. The number of rotatable bonds is 6. The summed E-state index contributed by atoms with van der Waals surface area (Å²) < 4.78 is 0. The van der Waals surface area contributed by atoms with Crippen molar-refractivity contribution in [3.63, 3.8) is 0 Å². The summed E-state index contributed by atoms with van der Waals surface area (Å²) in [5.74, 6) is 0.761. The summed E-state index contributed by atoms with van der Waals surface area (Å²) in [5.41, 5.74) is 0. The van der Waals surface area contributed by atoms with Crippen molar-refractivity contribution in [2.75, 3.05) is 32.8 Å². The van der Waals surface area contributed by atoms with Crippen molar-refractivity contribution in [3.05, 3.63) is 0 Å². The summed E-state index contributed by atoms with van der Waals surface area (Å²) in [6, 6.07) is 0.539. The first kappa shape index (κ1) is 12.9. The van der Waals surface area contributed by atoms with Crippen LogP contribution in [0.1, 0.15) is 33.1 Å². The van der Waals surface area contributed by atoms with Crippen molar-refractivity contribution < 1.29 is 5.11 Å². The SMILES string of the molecule is CCCN1CCCC(C(C)NCCO)C1. The van der Waals surface area contributed by atoms with Gasteiger partial charge in [0, 0.05) is 19.1 Å². The Balaban J connectivity index is 2.27. The molecular weight excluding hydrogens is 188 g/mol. The molecule has 0 bridgehead atoms. The topological polar surface area (TPSA) is 35.5 Å². The number of piperidine rings is 1. The molecule has 1 aliphatic rings. The van der Waals surface area contributed by atoms with Gasteiger partial charge in [-0.25, -0.2) is 0 Å². The number of likely N-dealkylation sites (tertiary alicyclic amines) is 1. The molecule has 1 heterocycles. The molecule has 2 unspecified atom stereocenters. The quantitative estimate of drug-likeness (QED) is 0.694. The highest BCUT2D eigenvalue weighted by Crippen LogP contribution is 2.19. The number of nitrogens with one attached hydrogen (secondary N) is 1. The second-order valence-electron chi connectivity index (χ2n) is 4.67. The molecule has 1 saturated heterocycles. The van der Waals surface area contributed by atoms with Crippen LogP contribution in [0, 0.1) is 5.92 Å². The fourth-order valence-corrected chi connectivity index (χ4v) is 2.48. The van der Waals surface area contributed by atoms with Gasteiger partial charge >= 0.3 is 0 Å². The van der Waals surface area contributed by atoms with Crippen LogP contribution in [-0.2, 0) is 0 Å². The summed E-state index contributed by atoms with van der Waals surface area (Å²) >= 11 is 0. The summed E-state index contributed by atoms with van der Waals surface area (Å²) in [5, 5.41) is 12.2. The maximum atomic E-state index is 8.78. The molecule has 3 heteroatoms. The van der Waals surface area contributed by atoms with Crippen LogP contribution in [-0.4, -0.2) is 48.8 Å². The van der Waals surface area contributed by atoms with Crippen LogP contribution in [0.15, 0.2) is 0 Å². The molecule has 0 saturated carbocycles. The Kier molecular flexibility index (Phi) is 6.22.